The summed E-state index contributed by atoms with van der Waals surface area (Å²) in [5.74, 6) is -2.69. The third-order valence-corrected chi connectivity index (χ3v) is 7.49. The molecule has 2 aliphatic heterocycles. The molecule has 46 heavy (non-hydrogen) atoms. The highest BCUT2D eigenvalue weighted by atomic mass is 35.5. The minimum Gasteiger partial charge on any atom is -0.463 e. The Labute approximate surface area is 271 Å². The van der Waals surface area contributed by atoms with Crippen molar-refractivity contribution in [1.29, 1.82) is 0 Å². The van der Waals surface area contributed by atoms with Gasteiger partial charge in [0.15, 0.2) is 12.2 Å². The van der Waals surface area contributed by atoms with Crippen LogP contribution in [0.3, 0.4) is 0 Å². The average molecular weight is 664 g/mol. The van der Waals surface area contributed by atoms with E-state index < -0.39 is 72.9 Å². The number of ether oxygens (including phenoxy) is 7. The molecule has 6 atom stereocenters. The molecule has 0 aliphatic carbocycles. The lowest BCUT2D eigenvalue weighted by atomic mass is 9.95. The molecular weight excluding hydrogens is 626 g/mol. The molecule has 2 aliphatic rings. The van der Waals surface area contributed by atoms with E-state index in [1.54, 1.807) is 39.0 Å². The lowest BCUT2D eigenvalue weighted by Crippen LogP contribution is -2.63. The van der Waals surface area contributed by atoms with E-state index in [0.29, 0.717) is 11.1 Å². The molecule has 0 saturated carbocycles. The van der Waals surface area contributed by atoms with Crippen molar-refractivity contribution < 1.29 is 57.1 Å². The van der Waals surface area contributed by atoms with Crippen molar-refractivity contribution in [3.05, 3.63) is 35.9 Å². The smallest absolute Gasteiger partial charge is 0.414 e. The zero-order chi connectivity index (χ0) is 33.9. The van der Waals surface area contributed by atoms with Crippen molar-refractivity contribution in [3.63, 3.8) is 0 Å². The molecule has 0 spiro atoms. The fraction of sp³-hybridized carbons (Fsp3) is 0.531. The number of hydrogen-bond acceptors (Lipinski definition) is 12. The average Bonchev–Trinajstić information content (AvgIpc) is 3.32. The van der Waals surface area contributed by atoms with Crippen molar-refractivity contribution in [3.8, 4) is 5.75 Å². The number of rotatable bonds is 8. The van der Waals surface area contributed by atoms with Gasteiger partial charge < -0.3 is 33.2 Å². The van der Waals surface area contributed by atoms with Crippen LogP contribution >= 0.6 is 11.6 Å². The van der Waals surface area contributed by atoms with Crippen LogP contribution < -0.4 is 9.64 Å². The van der Waals surface area contributed by atoms with Crippen LogP contribution in [0.5, 0.6) is 5.75 Å². The van der Waals surface area contributed by atoms with Gasteiger partial charge in [-0.05, 0) is 31.7 Å². The zero-order valence-corrected chi connectivity index (χ0v) is 27.5. The fourth-order valence-electron chi connectivity index (χ4n) is 5.53. The van der Waals surface area contributed by atoms with Crippen molar-refractivity contribution in [2.24, 2.45) is 0 Å². The molecule has 1 amide bonds. The molecule has 0 N–H and O–H groups in total. The Balaban J connectivity index is 1.84. The van der Waals surface area contributed by atoms with Gasteiger partial charge >= 0.3 is 30.0 Å². The van der Waals surface area contributed by atoms with E-state index in [-0.39, 0.29) is 24.1 Å². The summed E-state index contributed by atoms with van der Waals surface area (Å²) in [5.41, 5.74) is 0.561. The number of nitrogens with zero attached hydrogens (tertiary/aromatic N) is 1. The first-order valence-electron chi connectivity index (χ1n) is 14.7. The maximum absolute atomic E-state index is 13.3. The van der Waals surface area contributed by atoms with Crippen LogP contribution in [0.25, 0.3) is 10.8 Å². The highest BCUT2D eigenvalue weighted by Crippen LogP contribution is 2.46. The third kappa shape index (κ3) is 8.00. The lowest BCUT2D eigenvalue weighted by Gasteiger charge is -2.44. The first-order chi connectivity index (χ1) is 21.6. The van der Waals surface area contributed by atoms with E-state index in [1.807, 2.05) is 12.1 Å². The largest absolute Gasteiger partial charge is 0.463 e. The molecule has 1 fully saturated rings. The molecule has 2 heterocycles. The molecule has 1 saturated heterocycles. The maximum atomic E-state index is 13.3. The SMILES string of the molecule is CC(=O)OC[C@H]1O[C@@H](Oc2cc3c(c4ccccc24)[C@H](CCl)CN3C(=O)OC(C)(C)C)[C@H](OC(C)=O)[C@H](OC(C)=O)[C@H]1OC(C)=O. The monoisotopic (exact) mass is 663 g/mol. The number of anilines is 1. The van der Waals surface area contributed by atoms with Crippen LogP contribution in [-0.2, 0) is 47.6 Å². The quantitative estimate of drug-likeness (QED) is 0.224. The Bertz CT molecular complexity index is 1500. The number of halogens is 1. The van der Waals surface area contributed by atoms with E-state index >= 15 is 0 Å². The number of carbonyl (C=O) groups excluding carboxylic acids is 5. The summed E-state index contributed by atoms with van der Waals surface area (Å²) in [5, 5.41) is 1.37. The molecule has 14 heteroatoms. The van der Waals surface area contributed by atoms with Crippen molar-refractivity contribution >= 4 is 58.0 Å². The maximum Gasteiger partial charge on any atom is 0.414 e. The molecule has 250 valence electrons. The first kappa shape index (κ1) is 34.8. The Morgan fingerprint density at radius 1 is 0.870 bits per heavy atom. The molecule has 4 rings (SSSR count). The van der Waals surface area contributed by atoms with E-state index in [1.165, 1.54) is 11.8 Å². The van der Waals surface area contributed by atoms with Crippen molar-refractivity contribution in [2.75, 3.05) is 23.9 Å². The molecule has 2 aromatic carbocycles. The third-order valence-electron chi connectivity index (χ3n) is 7.12. The summed E-state index contributed by atoms with van der Waals surface area (Å²) in [7, 11) is 0. The van der Waals surface area contributed by atoms with Crippen LogP contribution in [0.4, 0.5) is 10.5 Å². The summed E-state index contributed by atoms with van der Waals surface area (Å²) in [6.07, 6.45) is -7.44. The molecule has 0 radical (unpaired) electrons. The second-order valence-electron chi connectivity index (χ2n) is 12.0. The van der Waals surface area contributed by atoms with Crippen LogP contribution in [0, 0.1) is 0 Å². The van der Waals surface area contributed by atoms with Gasteiger partial charge in [0.2, 0.25) is 12.4 Å². The lowest BCUT2D eigenvalue weighted by molar-refractivity contribution is -0.288. The second kappa shape index (κ2) is 14.1. The van der Waals surface area contributed by atoms with Crippen LogP contribution in [0.1, 0.15) is 59.9 Å². The summed E-state index contributed by atoms with van der Waals surface area (Å²) in [6.45, 7) is 9.74. The highest BCUT2D eigenvalue weighted by Gasteiger charge is 2.53. The molecule has 0 bridgehead atoms. The van der Waals surface area contributed by atoms with Gasteiger partial charge in [-0.2, -0.15) is 0 Å². The Morgan fingerprint density at radius 3 is 2.02 bits per heavy atom. The molecule has 2 aromatic rings. The topological polar surface area (TPSA) is 153 Å². The zero-order valence-electron chi connectivity index (χ0n) is 26.7. The Hall–Kier alpha value is -4.10. The van der Waals surface area contributed by atoms with E-state index in [9.17, 15) is 24.0 Å². The second-order valence-corrected chi connectivity index (χ2v) is 12.3. The number of alkyl halides is 1. The van der Waals surface area contributed by atoms with Crippen LogP contribution in [0.2, 0.25) is 0 Å². The van der Waals surface area contributed by atoms with Gasteiger partial charge in [0.25, 0.3) is 0 Å². The number of benzene rings is 2. The first-order valence-corrected chi connectivity index (χ1v) is 15.2. The fourth-order valence-corrected chi connectivity index (χ4v) is 5.79. The molecular formula is C32H38ClNO12. The van der Waals surface area contributed by atoms with Gasteiger partial charge in [-0.15, -0.1) is 11.6 Å². The van der Waals surface area contributed by atoms with Gasteiger partial charge in [0.1, 0.15) is 24.1 Å². The minimum atomic E-state index is -1.47. The molecule has 0 unspecified atom stereocenters. The van der Waals surface area contributed by atoms with Crippen LogP contribution in [-0.4, -0.2) is 85.3 Å². The van der Waals surface area contributed by atoms with Gasteiger partial charge in [-0.1, -0.05) is 24.3 Å². The minimum absolute atomic E-state index is 0.214. The van der Waals surface area contributed by atoms with Crippen molar-refractivity contribution in [1.82, 2.24) is 0 Å². The summed E-state index contributed by atoms with van der Waals surface area (Å²) in [6, 6.07) is 8.94. The predicted molar refractivity (Wildman–Crippen MR) is 164 cm³/mol. The number of amides is 1. The highest BCUT2D eigenvalue weighted by molar-refractivity contribution is 6.19. The standard InChI is InChI=1S/C32H38ClNO12/c1-16(35)40-15-25-27(41-17(2)36)28(42-18(3)37)29(43-19(4)38)30(45-25)44-24-12-23-26(22-11-9-8-10-21(22)24)20(13-33)14-34(23)31(39)46-32(5,6)7/h8-12,20,25,27-30H,13-15H2,1-7H3/t20-,25-,27+,28-,29-,30-/m1/s1. The summed E-state index contributed by atoms with van der Waals surface area (Å²) < 4.78 is 40.0. The van der Waals surface area contributed by atoms with Gasteiger partial charge in [-0.3, -0.25) is 24.1 Å². The Morgan fingerprint density at radius 2 is 1.46 bits per heavy atom. The number of carbonyl (C=O) groups is 5. The Kier molecular flexibility index (Phi) is 10.7. The van der Waals surface area contributed by atoms with Gasteiger partial charge in [0.05, 0.1) is 5.69 Å². The normalized spacial score (nSPS) is 24.0. The van der Waals surface area contributed by atoms with Crippen LogP contribution in [0.15, 0.2) is 30.3 Å². The molecule has 0 aromatic heterocycles. The van der Waals surface area contributed by atoms with Gasteiger partial charge in [0, 0.05) is 57.5 Å². The van der Waals surface area contributed by atoms with E-state index in [4.69, 9.17) is 44.8 Å². The number of hydrogen-bond donors (Lipinski definition) is 0. The molecule has 13 nitrogen and oxygen atoms in total. The van der Waals surface area contributed by atoms with Crippen molar-refractivity contribution in [2.45, 2.75) is 90.7 Å². The van der Waals surface area contributed by atoms with E-state index in [0.717, 1.165) is 31.7 Å². The van der Waals surface area contributed by atoms with E-state index in [2.05, 4.69) is 0 Å². The number of esters is 4. The summed E-state index contributed by atoms with van der Waals surface area (Å²) >= 11 is 6.39. The van der Waals surface area contributed by atoms with Gasteiger partial charge in [-0.25, -0.2) is 4.79 Å². The number of fused-ring (bicyclic) bond motifs is 3. The summed E-state index contributed by atoms with van der Waals surface area (Å²) in [4.78, 5) is 63.2. The predicted octanol–water partition coefficient (Wildman–Crippen LogP) is 4.38.